The number of carbonyl (C=O) groups excluding carboxylic acids is 1. The van der Waals surface area contributed by atoms with E-state index in [0.717, 1.165) is 12.7 Å². The lowest BCUT2D eigenvalue weighted by atomic mass is 10.0. The minimum atomic E-state index is -1.73. The topological polar surface area (TPSA) is 94.5 Å². The molecule has 1 saturated heterocycles. The Morgan fingerprint density at radius 3 is 2.54 bits per heavy atom. The van der Waals surface area contributed by atoms with Gasteiger partial charge in [0.25, 0.3) is 0 Å². The molecule has 2 N–H and O–H groups in total. The van der Waals surface area contributed by atoms with Gasteiger partial charge < -0.3 is 29.2 Å². The van der Waals surface area contributed by atoms with Crippen LogP contribution in [0.2, 0.25) is 0 Å². The van der Waals surface area contributed by atoms with Gasteiger partial charge in [-0.25, -0.2) is 4.79 Å². The summed E-state index contributed by atoms with van der Waals surface area (Å²) in [6.45, 7) is 3.85. The number of esters is 1. The van der Waals surface area contributed by atoms with E-state index in [9.17, 15) is 15.0 Å². The van der Waals surface area contributed by atoms with Crippen LogP contribution < -0.4 is 0 Å². The molecule has 4 atom stereocenters. The first kappa shape index (κ1) is 18.8. The fourth-order valence-corrected chi connectivity index (χ4v) is 2.51. The van der Waals surface area contributed by atoms with Crippen molar-refractivity contribution in [1.29, 1.82) is 0 Å². The van der Waals surface area contributed by atoms with Gasteiger partial charge in [-0.1, -0.05) is 30.3 Å². The highest BCUT2D eigenvalue weighted by atomic mass is 16.7. The Labute approximate surface area is 141 Å². The number of hydrogen-bond donors (Lipinski definition) is 2. The van der Waals surface area contributed by atoms with Gasteiger partial charge in [0.1, 0.15) is 18.3 Å². The Hall–Kier alpha value is -1.51. The molecule has 1 aromatic rings. The van der Waals surface area contributed by atoms with Gasteiger partial charge in [0.05, 0.1) is 20.3 Å². The number of carbonyl (C=O) groups is 1. The average Bonchev–Trinajstić information content (AvgIpc) is 2.94. The maximum Gasteiger partial charge on any atom is 0.337 e. The summed E-state index contributed by atoms with van der Waals surface area (Å²) in [5.41, 5.74) is 0.889. The number of aliphatic hydroxyl groups excluding tert-OH is 2. The first-order chi connectivity index (χ1) is 11.3. The highest BCUT2D eigenvalue weighted by molar-refractivity contribution is 5.75. The molecular weight excluding hydrogens is 316 g/mol. The van der Waals surface area contributed by atoms with Crippen LogP contribution in [0, 0.1) is 0 Å². The van der Waals surface area contributed by atoms with Crippen molar-refractivity contribution in [3.63, 3.8) is 0 Å². The summed E-state index contributed by atoms with van der Waals surface area (Å²) in [6, 6.07) is 9.36. The molecule has 24 heavy (non-hydrogen) atoms. The van der Waals surface area contributed by atoms with E-state index in [-0.39, 0.29) is 13.2 Å². The molecule has 134 valence electrons. The van der Waals surface area contributed by atoms with Crippen LogP contribution in [-0.2, 0) is 30.3 Å². The molecule has 1 aliphatic rings. The maximum absolute atomic E-state index is 11.5. The van der Waals surface area contributed by atoms with E-state index in [2.05, 4.69) is 4.74 Å². The summed E-state index contributed by atoms with van der Waals surface area (Å²) in [5.74, 6) is -1.76. The normalized spacial score (nSPS) is 23.5. The molecule has 1 aliphatic heterocycles. The average molecular weight is 340 g/mol. The number of ether oxygens (including phenoxy) is 4. The monoisotopic (exact) mass is 340 g/mol. The lowest BCUT2D eigenvalue weighted by Gasteiger charge is -2.30. The standard InChI is InChI=1S/C17H24O7/c1-17(2)23-10-12(24-17)15(13(18)14(19)16(20)21-3)22-9-11-7-5-4-6-8-11/h4-8,12-15,18-19H,9-10H2,1-3H3/t12-,13+,14+,15+/m0/s1. The maximum atomic E-state index is 11.5. The predicted octanol–water partition coefficient (Wildman–Crippen LogP) is 0.618. The number of hydrogen-bond acceptors (Lipinski definition) is 7. The lowest BCUT2D eigenvalue weighted by molar-refractivity contribution is -0.189. The molecule has 0 radical (unpaired) electrons. The molecule has 0 bridgehead atoms. The van der Waals surface area contributed by atoms with Crippen molar-refractivity contribution in [3.8, 4) is 0 Å². The lowest BCUT2D eigenvalue weighted by Crippen LogP contribution is -2.50. The number of benzene rings is 1. The van der Waals surface area contributed by atoms with Crippen LogP contribution in [0.3, 0.4) is 0 Å². The van der Waals surface area contributed by atoms with E-state index < -0.39 is 36.2 Å². The second-order valence-electron chi connectivity index (χ2n) is 6.09. The van der Waals surface area contributed by atoms with Crippen LogP contribution in [0.1, 0.15) is 19.4 Å². The van der Waals surface area contributed by atoms with Crippen LogP contribution in [0.25, 0.3) is 0 Å². The summed E-state index contributed by atoms with van der Waals surface area (Å²) in [4.78, 5) is 11.5. The Bertz CT molecular complexity index is 531. The smallest absolute Gasteiger partial charge is 0.337 e. The van der Waals surface area contributed by atoms with Crippen LogP contribution >= 0.6 is 0 Å². The molecule has 1 fully saturated rings. The summed E-state index contributed by atoms with van der Waals surface area (Å²) in [6.07, 6.45) is -4.83. The molecule has 0 aliphatic carbocycles. The molecule has 0 aromatic heterocycles. The Morgan fingerprint density at radius 2 is 2.00 bits per heavy atom. The zero-order chi connectivity index (χ0) is 17.7. The zero-order valence-electron chi connectivity index (χ0n) is 14.0. The second-order valence-corrected chi connectivity index (χ2v) is 6.09. The molecule has 0 saturated carbocycles. The van der Waals surface area contributed by atoms with Gasteiger partial charge in [0.2, 0.25) is 0 Å². The third-order valence-corrected chi connectivity index (χ3v) is 3.78. The molecule has 2 rings (SSSR count). The van der Waals surface area contributed by atoms with E-state index in [0.29, 0.717) is 0 Å². The van der Waals surface area contributed by atoms with Crippen molar-refractivity contribution >= 4 is 5.97 Å². The summed E-state index contributed by atoms with van der Waals surface area (Å²) < 4.78 is 21.4. The predicted molar refractivity (Wildman–Crippen MR) is 84.0 cm³/mol. The van der Waals surface area contributed by atoms with E-state index >= 15 is 0 Å². The van der Waals surface area contributed by atoms with E-state index in [1.54, 1.807) is 13.8 Å². The molecule has 7 nitrogen and oxygen atoms in total. The van der Waals surface area contributed by atoms with Gasteiger partial charge >= 0.3 is 5.97 Å². The SMILES string of the molecule is COC(=O)[C@H](O)[C@@H](O)[C@H](OCc1ccccc1)[C@@H]1COC(C)(C)O1. The molecule has 0 unspecified atom stereocenters. The largest absolute Gasteiger partial charge is 0.467 e. The second kappa shape index (κ2) is 8.04. The van der Waals surface area contributed by atoms with Gasteiger partial charge in [-0.15, -0.1) is 0 Å². The molecule has 7 heteroatoms. The first-order valence-corrected chi connectivity index (χ1v) is 7.75. The van der Waals surface area contributed by atoms with Crippen molar-refractivity contribution in [2.45, 2.75) is 50.7 Å². The Kier molecular flexibility index (Phi) is 6.31. The van der Waals surface area contributed by atoms with Crippen LogP contribution in [-0.4, -0.2) is 60.1 Å². The summed E-state index contributed by atoms with van der Waals surface area (Å²) >= 11 is 0. The summed E-state index contributed by atoms with van der Waals surface area (Å²) in [7, 11) is 1.14. The number of aliphatic hydroxyl groups is 2. The highest BCUT2D eigenvalue weighted by Crippen LogP contribution is 2.28. The first-order valence-electron chi connectivity index (χ1n) is 7.75. The minimum Gasteiger partial charge on any atom is -0.467 e. The molecule has 1 aromatic carbocycles. The van der Waals surface area contributed by atoms with Gasteiger partial charge in [0.15, 0.2) is 11.9 Å². The number of methoxy groups -OCH3 is 1. The van der Waals surface area contributed by atoms with Crippen molar-refractivity contribution in [2.24, 2.45) is 0 Å². The van der Waals surface area contributed by atoms with Gasteiger partial charge in [0, 0.05) is 0 Å². The zero-order valence-corrected chi connectivity index (χ0v) is 14.0. The highest BCUT2D eigenvalue weighted by Gasteiger charge is 2.44. The van der Waals surface area contributed by atoms with Crippen LogP contribution in [0.4, 0.5) is 0 Å². The molecular formula is C17H24O7. The number of rotatable bonds is 7. The van der Waals surface area contributed by atoms with E-state index in [1.165, 1.54) is 0 Å². The van der Waals surface area contributed by atoms with Gasteiger partial charge in [-0.3, -0.25) is 0 Å². The van der Waals surface area contributed by atoms with Crippen molar-refractivity contribution < 1.29 is 34.0 Å². The fraction of sp³-hybridized carbons (Fsp3) is 0.588. The van der Waals surface area contributed by atoms with Crippen molar-refractivity contribution in [1.82, 2.24) is 0 Å². The Balaban J connectivity index is 2.10. The van der Waals surface area contributed by atoms with Gasteiger partial charge in [-0.05, 0) is 19.4 Å². The van der Waals surface area contributed by atoms with Crippen LogP contribution in [0.5, 0.6) is 0 Å². The fourth-order valence-electron chi connectivity index (χ4n) is 2.51. The van der Waals surface area contributed by atoms with E-state index in [4.69, 9.17) is 14.2 Å². The van der Waals surface area contributed by atoms with E-state index in [1.807, 2.05) is 30.3 Å². The van der Waals surface area contributed by atoms with Crippen molar-refractivity contribution in [3.05, 3.63) is 35.9 Å². The third-order valence-electron chi connectivity index (χ3n) is 3.78. The Morgan fingerprint density at radius 1 is 1.33 bits per heavy atom. The third kappa shape index (κ3) is 4.75. The van der Waals surface area contributed by atoms with Crippen molar-refractivity contribution in [2.75, 3.05) is 13.7 Å². The minimum absolute atomic E-state index is 0.178. The summed E-state index contributed by atoms with van der Waals surface area (Å²) in [5, 5.41) is 20.3. The quantitative estimate of drug-likeness (QED) is 0.703. The van der Waals surface area contributed by atoms with Crippen LogP contribution in [0.15, 0.2) is 30.3 Å². The molecule has 0 amide bonds. The molecule has 0 spiro atoms. The molecule has 1 heterocycles. The van der Waals surface area contributed by atoms with Gasteiger partial charge in [-0.2, -0.15) is 0 Å².